The Kier molecular flexibility index (Phi) is 5.88. The van der Waals surface area contributed by atoms with Crippen LogP contribution in [-0.2, 0) is 0 Å². The number of pyridine rings is 3. The van der Waals surface area contributed by atoms with Crippen LogP contribution in [0.4, 0.5) is 5.69 Å². The number of likely N-dealkylation sites (N-methyl/N-ethyl adjacent to an activating group) is 1. The summed E-state index contributed by atoms with van der Waals surface area (Å²) < 4.78 is 6.25. The number of ether oxygens (including phenoxy) is 1. The molecule has 1 aliphatic heterocycles. The highest BCUT2D eigenvalue weighted by Gasteiger charge is 2.21. The minimum atomic E-state index is 0.272. The quantitative estimate of drug-likeness (QED) is 0.358. The molecular weight excluding hydrogens is 478 g/mol. The number of rotatable bonds is 5. The van der Waals surface area contributed by atoms with E-state index >= 15 is 0 Å². The van der Waals surface area contributed by atoms with E-state index in [4.69, 9.17) is 14.7 Å². The van der Waals surface area contributed by atoms with E-state index in [1.165, 1.54) is 19.3 Å². The lowest BCUT2D eigenvalue weighted by molar-refractivity contribution is 0.154. The molecule has 0 spiro atoms. The van der Waals surface area contributed by atoms with E-state index in [9.17, 15) is 0 Å². The zero-order chi connectivity index (χ0) is 25.5. The third-order valence-corrected chi connectivity index (χ3v) is 7.71. The monoisotopic (exact) mass is 509 g/mol. The largest absolute Gasteiger partial charge is 0.489 e. The summed E-state index contributed by atoms with van der Waals surface area (Å²) in [7, 11) is 2.16. The second-order valence-corrected chi connectivity index (χ2v) is 10.4. The maximum absolute atomic E-state index is 6.25. The molecule has 5 aromatic heterocycles. The van der Waals surface area contributed by atoms with Crippen molar-refractivity contribution in [3.05, 3.63) is 42.9 Å². The molecule has 7 rings (SSSR count). The molecule has 0 radical (unpaired) electrons. The van der Waals surface area contributed by atoms with Crippen molar-refractivity contribution >= 4 is 27.9 Å². The third-order valence-electron chi connectivity index (χ3n) is 7.71. The van der Waals surface area contributed by atoms with Crippen LogP contribution in [0.25, 0.3) is 45.0 Å². The number of piperazine rings is 1. The lowest BCUT2D eigenvalue weighted by atomic mass is 9.98. The van der Waals surface area contributed by atoms with Gasteiger partial charge in [-0.25, -0.2) is 15.0 Å². The van der Waals surface area contributed by atoms with Crippen molar-refractivity contribution in [2.75, 3.05) is 38.1 Å². The summed E-state index contributed by atoms with van der Waals surface area (Å²) in [5.74, 6) is 1.45. The molecule has 1 aliphatic carbocycles. The fourth-order valence-electron chi connectivity index (χ4n) is 5.54. The highest BCUT2D eigenvalue weighted by atomic mass is 16.5. The average Bonchev–Trinajstić information content (AvgIpc) is 3.58. The van der Waals surface area contributed by atoms with Crippen molar-refractivity contribution in [3.63, 3.8) is 0 Å². The molecule has 0 atom stereocenters. The molecule has 0 unspecified atom stereocenters. The number of anilines is 1. The predicted molar refractivity (Wildman–Crippen MR) is 147 cm³/mol. The van der Waals surface area contributed by atoms with Crippen molar-refractivity contribution in [2.45, 2.75) is 38.2 Å². The van der Waals surface area contributed by atoms with Crippen molar-refractivity contribution in [2.24, 2.45) is 0 Å². The second-order valence-electron chi connectivity index (χ2n) is 10.4. The summed E-state index contributed by atoms with van der Waals surface area (Å²) in [6.07, 6.45) is 11.7. The van der Waals surface area contributed by atoms with Gasteiger partial charge >= 0.3 is 0 Å². The number of aromatic nitrogens is 7. The minimum absolute atomic E-state index is 0.272. The zero-order valence-electron chi connectivity index (χ0n) is 21.5. The molecule has 194 valence electrons. The first-order valence-corrected chi connectivity index (χ1v) is 13.5. The molecule has 0 bridgehead atoms. The number of H-pyrrole nitrogens is 2. The highest BCUT2D eigenvalue weighted by molar-refractivity contribution is 5.93. The molecule has 5 aromatic rings. The Morgan fingerprint density at radius 3 is 2.71 bits per heavy atom. The Balaban J connectivity index is 1.22. The first-order valence-electron chi connectivity index (χ1n) is 13.5. The van der Waals surface area contributed by atoms with Crippen molar-refractivity contribution in [1.29, 1.82) is 0 Å². The van der Waals surface area contributed by atoms with E-state index in [1.807, 2.05) is 30.6 Å². The highest BCUT2D eigenvalue weighted by Crippen LogP contribution is 2.31. The van der Waals surface area contributed by atoms with Crippen molar-refractivity contribution in [3.8, 4) is 28.5 Å². The number of imidazole rings is 1. The number of hydrogen-bond acceptors (Lipinski definition) is 8. The van der Waals surface area contributed by atoms with Crippen molar-refractivity contribution < 1.29 is 4.74 Å². The Bertz CT molecular complexity index is 1580. The van der Waals surface area contributed by atoms with Crippen molar-refractivity contribution in [1.82, 2.24) is 40.0 Å². The Labute approximate surface area is 220 Å². The molecule has 2 N–H and O–H groups in total. The van der Waals surface area contributed by atoms with E-state index in [0.717, 1.165) is 78.3 Å². The van der Waals surface area contributed by atoms with E-state index in [1.54, 1.807) is 6.20 Å². The van der Waals surface area contributed by atoms with Crippen LogP contribution in [0.15, 0.2) is 42.9 Å². The van der Waals surface area contributed by atoms with Gasteiger partial charge in [-0.1, -0.05) is 6.42 Å². The molecule has 2 fully saturated rings. The normalized spacial score (nSPS) is 17.4. The smallest absolute Gasteiger partial charge is 0.180 e. The SMILES string of the molecule is CN1CCN(c2ccnc3nc(-c4n[nH]c5ccc(-c6cncc(OC7CCCCC7)c6)nc45)[nH]c23)CC1. The van der Waals surface area contributed by atoms with Crippen LogP contribution < -0.4 is 9.64 Å². The lowest BCUT2D eigenvalue weighted by Crippen LogP contribution is -2.44. The fourth-order valence-corrected chi connectivity index (χ4v) is 5.54. The van der Waals surface area contributed by atoms with Gasteiger partial charge in [0.05, 0.1) is 29.2 Å². The van der Waals surface area contributed by atoms with Gasteiger partial charge in [0.25, 0.3) is 0 Å². The molecule has 6 heterocycles. The predicted octanol–water partition coefficient (Wildman–Crippen LogP) is 4.42. The maximum atomic E-state index is 6.25. The minimum Gasteiger partial charge on any atom is -0.489 e. The number of aromatic amines is 2. The van der Waals surface area contributed by atoms with Crippen LogP contribution in [-0.4, -0.2) is 79.3 Å². The summed E-state index contributed by atoms with van der Waals surface area (Å²) in [4.78, 5) is 27.0. The van der Waals surface area contributed by atoms with E-state index in [-0.39, 0.29) is 6.10 Å². The number of nitrogens with one attached hydrogen (secondary N) is 2. The van der Waals surface area contributed by atoms with Gasteiger partial charge in [0, 0.05) is 44.1 Å². The van der Waals surface area contributed by atoms with Gasteiger partial charge in [0.1, 0.15) is 16.8 Å². The van der Waals surface area contributed by atoms with Gasteiger partial charge < -0.3 is 19.5 Å². The van der Waals surface area contributed by atoms with Crippen LogP contribution in [0.5, 0.6) is 5.75 Å². The lowest BCUT2D eigenvalue weighted by Gasteiger charge is -2.34. The molecule has 0 amide bonds. The van der Waals surface area contributed by atoms with Crippen LogP contribution in [0.2, 0.25) is 0 Å². The Morgan fingerprint density at radius 2 is 1.84 bits per heavy atom. The second kappa shape index (κ2) is 9.68. The first-order chi connectivity index (χ1) is 18.7. The van der Waals surface area contributed by atoms with E-state index in [2.05, 4.69) is 48.1 Å². The molecule has 38 heavy (non-hydrogen) atoms. The Hall–Kier alpha value is -4.05. The molecule has 10 heteroatoms. The third kappa shape index (κ3) is 4.34. The number of hydrogen-bond donors (Lipinski definition) is 2. The van der Waals surface area contributed by atoms with Gasteiger partial charge in [-0.15, -0.1) is 0 Å². The molecule has 2 aliphatic rings. The zero-order valence-corrected chi connectivity index (χ0v) is 21.5. The fraction of sp³-hybridized carbons (Fsp3) is 0.393. The summed E-state index contributed by atoms with van der Waals surface area (Å²) in [6.45, 7) is 4.00. The summed E-state index contributed by atoms with van der Waals surface area (Å²) in [5.41, 5.74) is 6.73. The molecule has 0 aromatic carbocycles. The van der Waals surface area contributed by atoms with E-state index < -0.39 is 0 Å². The van der Waals surface area contributed by atoms with E-state index in [0.29, 0.717) is 17.2 Å². The maximum Gasteiger partial charge on any atom is 0.180 e. The van der Waals surface area contributed by atoms with Crippen LogP contribution in [0, 0.1) is 0 Å². The number of fused-ring (bicyclic) bond motifs is 2. The molecule has 1 saturated heterocycles. The topological polar surface area (TPSA) is 112 Å². The average molecular weight is 510 g/mol. The Morgan fingerprint density at radius 1 is 0.974 bits per heavy atom. The van der Waals surface area contributed by atoms with Crippen LogP contribution >= 0.6 is 0 Å². The van der Waals surface area contributed by atoms with Crippen LogP contribution in [0.3, 0.4) is 0 Å². The standard InChI is InChI=1S/C28H31N9O/c1-36-11-13-37(14-12-36)23-9-10-30-27-25(23)32-28(33-27)26-24-22(34-35-26)8-7-21(31-24)18-15-20(17-29-16-18)38-19-5-3-2-4-6-19/h7-10,15-17,19H,2-6,11-14H2,1H3,(H,34,35)(H,30,32,33). The van der Waals surface area contributed by atoms with Gasteiger partial charge in [0.15, 0.2) is 17.2 Å². The van der Waals surface area contributed by atoms with Crippen LogP contribution in [0.1, 0.15) is 32.1 Å². The first kappa shape index (κ1) is 23.1. The summed E-state index contributed by atoms with van der Waals surface area (Å²) >= 11 is 0. The molecule has 10 nitrogen and oxygen atoms in total. The van der Waals surface area contributed by atoms with Gasteiger partial charge in [0.2, 0.25) is 0 Å². The van der Waals surface area contributed by atoms with Gasteiger partial charge in [-0.2, -0.15) is 5.10 Å². The summed E-state index contributed by atoms with van der Waals surface area (Å²) in [5, 5.41) is 7.68. The number of nitrogens with zero attached hydrogens (tertiary/aromatic N) is 7. The molecule has 1 saturated carbocycles. The van der Waals surface area contributed by atoms with Gasteiger partial charge in [-0.05, 0) is 57.0 Å². The summed E-state index contributed by atoms with van der Waals surface area (Å²) in [6, 6.07) is 8.07. The van der Waals surface area contributed by atoms with Gasteiger partial charge in [-0.3, -0.25) is 10.1 Å². The molecular formula is C28H31N9O.